The minimum Gasteiger partial charge on any atom is -0.333 e. The van der Waals surface area contributed by atoms with Crippen LogP contribution >= 0.6 is 0 Å². The van der Waals surface area contributed by atoms with Crippen LogP contribution in [0.4, 0.5) is 39.5 Å². The molecule has 2 rings (SSSR count). The van der Waals surface area contributed by atoms with Gasteiger partial charge in [0, 0.05) is 13.1 Å². The number of halogens is 9. The first kappa shape index (κ1) is 23.6. The number of carbonyl (C=O) groups is 1. The van der Waals surface area contributed by atoms with Crippen LogP contribution in [0.5, 0.6) is 0 Å². The van der Waals surface area contributed by atoms with Gasteiger partial charge in [0.25, 0.3) is 5.91 Å². The van der Waals surface area contributed by atoms with Crippen LogP contribution in [-0.4, -0.2) is 29.3 Å². The second-order valence-corrected chi connectivity index (χ2v) is 6.38. The van der Waals surface area contributed by atoms with Gasteiger partial charge in [-0.1, -0.05) is 60.7 Å². The van der Waals surface area contributed by atoms with Gasteiger partial charge < -0.3 is 4.90 Å². The summed E-state index contributed by atoms with van der Waals surface area (Å²) >= 11 is 0. The van der Waals surface area contributed by atoms with Gasteiger partial charge in [-0.05, 0) is 11.1 Å². The van der Waals surface area contributed by atoms with Crippen molar-refractivity contribution in [2.24, 2.45) is 5.41 Å². The van der Waals surface area contributed by atoms with Gasteiger partial charge in [0.05, 0.1) is 0 Å². The van der Waals surface area contributed by atoms with Crippen molar-refractivity contribution in [3.63, 3.8) is 0 Å². The Balaban J connectivity index is 2.64. The van der Waals surface area contributed by atoms with Crippen LogP contribution in [0.25, 0.3) is 0 Å². The van der Waals surface area contributed by atoms with E-state index in [-0.39, 0.29) is 16.0 Å². The van der Waals surface area contributed by atoms with Crippen LogP contribution in [0.1, 0.15) is 11.1 Å². The van der Waals surface area contributed by atoms with Gasteiger partial charge in [-0.2, -0.15) is 39.5 Å². The second-order valence-electron chi connectivity index (χ2n) is 6.38. The molecule has 0 saturated heterocycles. The van der Waals surface area contributed by atoms with Gasteiger partial charge in [-0.25, -0.2) is 0 Å². The summed E-state index contributed by atoms with van der Waals surface area (Å²) in [5.41, 5.74) is -6.44. The number of nitrogens with zero attached hydrogens (tertiary/aromatic N) is 1. The van der Waals surface area contributed by atoms with E-state index in [1.807, 2.05) is 0 Å². The minimum absolute atomic E-state index is 0.0576. The van der Waals surface area contributed by atoms with E-state index in [0.29, 0.717) is 0 Å². The lowest BCUT2D eigenvalue weighted by Gasteiger charge is -2.40. The molecule has 0 fully saturated rings. The lowest BCUT2D eigenvalue weighted by atomic mass is 9.83. The first-order chi connectivity index (χ1) is 13.7. The zero-order valence-electron chi connectivity index (χ0n) is 14.9. The molecule has 11 heteroatoms. The molecule has 0 spiro atoms. The molecule has 30 heavy (non-hydrogen) atoms. The quantitative estimate of drug-likeness (QED) is 0.528. The maximum atomic E-state index is 13.4. The van der Waals surface area contributed by atoms with E-state index in [4.69, 9.17) is 0 Å². The number of hydrogen-bond acceptors (Lipinski definition) is 1. The fourth-order valence-electron chi connectivity index (χ4n) is 2.89. The Kier molecular flexibility index (Phi) is 6.43. The number of carbonyl (C=O) groups excluding carboxylic acids is 1. The average molecular weight is 443 g/mol. The third-order valence-corrected chi connectivity index (χ3v) is 4.32. The van der Waals surface area contributed by atoms with Gasteiger partial charge in [-0.15, -0.1) is 0 Å². The van der Waals surface area contributed by atoms with Gasteiger partial charge in [0.15, 0.2) is 0 Å². The number of alkyl halides is 9. The molecule has 2 aromatic rings. The number of rotatable bonds is 5. The molecule has 0 atom stereocenters. The molecule has 2 aromatic carbocycles. The Bertz CT molecular complexity index is 765. The van der Waals surface area contributed by atoms with E-state index in [9.17, 15) is 44.3 Å². The first-order valence-electron chi connectivity index (χ1n) is 8.29. The minimum atomic E-state index is -6.97. The molecule has 1 amide bonds. The van der Waals surface area contributed by atoms with E-state index < -0.39 is 42.9 Å². The lowest BCUT2D eigenvalue weighted by molar-refractivity contribution is -0.409. The SMILES string of the molecule is O=C(N(Cc1ccccc1)Cc1ccccc1)C(C(F)(F)F)(C(F)(F)F)C(F)(F)F. The highest BCUT2D eigenvalue weighted by molar-refractivity contribution is 5.85. The fraction of sp³-hybridized carbons (Fsp3) is 0.316. The Hall–Kier alpha value is -2.72. The molecule has 0 aliphatic carbocycles. The van der Waals surface area contributed by atoms with Crippen molar-refractivity contribution in [3.8, 4) is 0 Å². The zero-order valence-corrected chi connectivity index (χ0v) is 14.9. The second kappa shape index (κ2) is 8.19. The van der Waals surface area contributed by atoms with Crippen LogP contribution in [0, 0.1) is 5.41 Å². The molecule has 0 aliphatic heterocycles. The molecule has 2 nitrogen and oxygen atoms in total. The van der Waals surface area contributed by atoms with Gasteiger partial charge in [0.2, 0.25) is 0 Å². The molecular weight excluding hydrogens is 429 g/mol. The standard InChI is InChI=1S/C19H14F9NO/c20-17(21,22)16(18(23,24)25,19(26,27)28)15(30)29(11-13-7-3-1-4-8-13)12-14-9-5-2-6-10-14/h1-10H,11-12H2. The number of amides is 1. The Morgan fingerprint density at radius 1 is 0.600 bits per heavy atom. The first-order valence-corrected chi connectivity index (χ1v) is 8.29. The normalized spacial score (nSPS) is 13.2. The summed E-state index contributed by atoms with van der Waals surface area (Å²) < 4.78 is 120. The van der Waals surface area contributed by atoms with Crippen molar-refractivity contribution < 1.29 is 44.3 Å². The van der Waals surface area contributed by atoms with Crippen LogP contribution in [0.3, 0.4) is 0 Å². The molecule has 0 N–H and O–H groups in total. The highest BCUT2D eigenvalue weighted by atomic mass is 19.4. The third-order valence-electron chi connectivity index (χ3n) is 4.32. The predicted octanol–water partition coefficient (Wildman–Crippen LogP) is 5.89. The summed E-state index contributed by atoms with van der Waals surface area (Å²) in [6, 6.07) is 13.6. The predicted molar refractivity (Wildman–Crippen MR) is 87.7 cm³/mol. The van der Waals surface area contributed by atoms with E-state index in [1.165, 1.54) is 60.7 Å². The van der Waals surface area contributed by atoms with Gasteiger partial charge in [0.1, 0.15) is 0 Å². The van der Waals surface area contributed by atoms with Crippen LogP contribution in [-0.2, 0) is 17.9 Å². The van der Waals surface area contributed by atoms with Crippen LogP contribution < -0.4 is 0 Å². The van der Waals surface area contributed by atoms with Gasteiger partial charge in [-0.3, -0.25) is 4.79 Å². The highest BCUT2D eigenvalue weighted by Crippen LogP contribution is 2.60. The zero-order chi connectivity index (χ0) is 22.8. The summed E-state index contributed by atoms with van der Waals surface area (Å²) in [4.78, 5) is 12.4. The maximum absolute atomic E-state index is 13.4. The number of benzene rings is 2. The van der Waals surface area contributed by atoms with Gasteiger partial charge >= 0.3 is 23.9 Å². The van der Waals surface area contributed by atoms with Crippen molar-refractivity contribution in [2.75, 3.05) is 0 Å². The Morgan fingerprint density at radius 2 is 0.900 bits per heavy atom. The van der Waals surface area contributed by atoms with Crippen LogP contribution in [0.2, 0.25) is 0 Å². The smallest absolute Gasteiger partial charge is 0.333 e. The number of hydrogen-bond donors (Lipinski definition) is 0. The van der Waals surface area contributed by atoms with Crippen molar-refractivity contribution in [2.45, 2.75) is 31.6 Å². The summed E-state index contributed by atoms with van der Waals surface area (Å²) in [5.74, 6) is -3.14. The highest BCUT2D eigenvalue weighted by Gasteiger charge is 2.88. The molecule has 0 aliphatic rings. The average Bonchev–Trinajstić information content (AvgIpc) is 2.59. The largest absolute Gasteiger partial charge is 0.421 e. The fourth-order valence-corrected chi connectivity index (χ4v) is 2.89. The van der Waals surface area contributed by atoms with Crippen molar-refractivity contribution >= 4 is 5.91 Å². The molecule has 164 valence electrons. The Labute approximate surface area is 164 Å². The third kappa shape index (κ3) is 4.39. The van der Waals surface area contributed by atoms with E-state index in [2.05, 4.69) is 0 Å². The monoisotopic (exact) mass is 443 g/mol. The summed E-state index contributed by atoms with van der Waals surface area (Å²) in [6.45, 7) is -1.78. The molecule has 0 saturated carbocycles. The molecule has 0 heterocycles. The lowest BCUT2D eigenvalue weighted by Crippen LogP contribution is -2.67. The maximum Gasteiger partial charge on any atom is 0.421 e. The summed E-state index contributed by atoms with van der Waals surface area (Å²) in [5, 5.41) is 0. The molecule has 0 bridgehead atoms. The summed E-state index contributed by atoms with van der Waals surface area (Å²) in [6.07, 6.45) is -20.9. The van der Waals surface area contributed by atoms with E-state index >= 15 is 0 Å². The van der Waals surface area contributed by atoms with E-state index in [0.717, 1.165) is 0 Å². The Morgan fingerprint density at radius 3 is 1.17 bits per heavy atom. The topological polar surface area (TPSA) is 20.3 Å². The van der Waals surface area contributed by atoms with Crippen molar-refractivity contribution in [1.82, 2.24) is 4.90 Å². The van der Waals surface area contributed by atoms with Crippen molar-refractivity contribution in [3.05, 3.63) is 71.8 Å². The van der Waals surface area contributed by atoms with Crippen molar-refractivity contribution in [1.29, 1.82) is 0 Å². The molecular formula is C19H14F9NO. The molecule has 0 unspecified atom stereocenters. The molecule has 0 radical (unpaired) electrons. The summed E-state index contributed by atoms with van der Waals surface area (Å²) in [7, 11) is 0. The molecule has 0 aromatic heterocycles. The van der Waals surface area contributed by atoms with Crippen LogP contribution in [0.15, 0.2) is 60.7 Å². The van der Waals surface area contributed by atoms with E-state index in [1.54, 1.807) is 0 Å².